The van der Waals surface area contributed by atoms with Crippen LogP contribution in [0, 0.1) is 12.7 Å². The topological polar surface area (TPSA) is 41.3 Å². The predicted molar refractivity (Wildman–Crippen MR) is 62.6 cm³/mol. The zero-order valence-corrected chi connectivity index (χ0v) is 9.47. The van der Waals surface area contributed by atoms with Crippen molar-refractivity contribution in [2.45, 2.75) is 6.92 Å². The SMILES string of the molecule is Cc1cc(NCCN(C)C)c(N)cc1F. The van der Waals surface area contributed by atoms with Crippen LogP contribution in [0.2, 0.25) is 0 Å². The molecule has 0 unspecified atom stereocenters. The van der Waals surface area contributed by atoms with Gasteiger partial charge in [0, 0.05) is 13.1 Å². The second-order valence-corrected chi connectivity index (χ2v) is 3.92. The number of halogens is 1. The van der Waals surface area contributed by atoms with E-state index in [0.29, 0.717) is 11.3 Å². The van der Waals surface area contributed by atoms with Gasteiger partial charge in [0.15, 0.2) is 0 Å². The molecule has 0 bridgehead atoms. The molecular weight excluding hydrogens is 193 g/mol. The summed E-state index contributed by atoms with van der Waals surface area (Å²) in [5.41, 5.74) is 7.56. The van der Waals surface area contributed by atoms with E-state index in [0.717, 1.165) is 18.8 Å². The van der Waals surface area contributed by atoms with Crippen molar-refractivity contribution in [1.29, 1.82) is 0 Å². The fourth-order valence-electron chi connectivity index (χ4n) is 1.26. The molecule has 0 aliphatic carbocycles. The highest BCUT2D eigenvalue weighted by molar-refractivity contribution is 5.67. The normalized spacial score (nSPS) is 10.7. The lowest BCUT2D eigenvalue weighted by Gasteiger charge is -2.13. The summed E-state index contributed by atoms with van der Waals surface area (Å²) in [5.74, 6) is -0.259. The summed E-state index contributed by atoms with van der Waals surface area (Å²) < 4.78 is 13.1. The Morgan fingerprint density at radius 3 is 2.67 bits per heavy atom. The second kappa shape index (κ2) is 4.98. The number of nitrogens with one attached hydrogen (secondary N) is 1. The van der Waals surface area contributed by atoms with Gasteiger partial charge in [0.05, 0.1) is 11.4 Å². The van der Waals surface area contributed by atoms with Gasteiger partial charge >= 0.3 is 0 Å². The van der Waals surface area contributed by atoms with E-state index in [2.05, 4.69) is 10.2 Å². The number of likely N-dealkylation sites (N-methyl/N-ethyl adjacent to an activating group) is 1. The van der Waals surface area contributed by atoms with E-state index in [9.17, 15) is 4.39 Å². The van der Waals surface area contributed by atoms with E-state index < -0.39 is 0 Å². The Hall–Kier alpha value is -1.29. The Bertz CT molecular complexity index is 337. The molecule has 0 aromatic heterocycles. The van der Waals surface area contributed by atoms with Gasteiger partial charge < -0.3 is 16.0 Å². The maximum absolute atomic E-state index is 13.1. The van der Waals surface area contributed by atoms with Crippen LogP contribution in [0.1, 0.15) is 5.56 Å². The molecule has 0 radical (unpaired) electrons. The van der Waals surface area contributed by atoms with Gasteiger partial charge in [-0.1, -0.05) is 0 Å². The lowest BCUT2D eigenvalue weighted by molar-refractivity contribution is 0.425. The van der Waals surface area contributed by atoms with Gasteiger partial charge in [0.25, 0.3) is 0 Å². The van der Waals surface area contributed by atoms with E-state index in [-0.39, 0.29) is 5.82 Å². The lowest BCUT2D eigenvalue weighted by Crippen LogP contribution is -2.21. The first-order valence-electron chi connectivity index (χ1n) is 4.95. The fraction of sp³-hybridized carbons (Fsp3) is 0.455. The molecule has 0 atom stereocenters. The average Bonchev–Trinajstić information content (AvgIpc) is 2.13. The maximum Gasteiger partial charge on any atom is 0.128 e. The van der Waals surface area contributed by atoms with Crippen LogP contribution < -0.4 is 11.1 Å². The molecule has 3 N–H and O–H groups in total. The average molecular weight is 211 g/mol. The number of hydrogen-bond donors (Lipinski definition) is 2. The third-order valence-corrected chi connectivity index (χ3v) is 2.21. The predicted octanol–water partition coefficient (Wildman–Crippen LogP) is 1.69. The summed E-state index contributed by atoms with van der Waals surface area (Å²) in [7, 11) is 4.00. The van der Waals surface area contributed by atoms with Crippen LogP contribution in [0.5, 0.6) is 0 Å². The van der Waals surface area contributed by atoms with E-state index in [4.69, 9.17) is 5.73 Å². The highest BCUT2D eigenvalue weighted by Gasteiger charge is 2.04. The van der Waals surface area contributed by atoms with Crippen LogP contribution >= 0.6 is 0 Å². The van der Waals surface area contributed by atoms with Crippen LogP contribution in [0.25, 0.3) is 0 Å². The number of rotatable bonds is 4. The molecule has 0 fully saturated rings. The minimum atomic E-state index is -0.259. The zero-order chi connectivity index (χ0) is 11.4. The first-order chi connectivity index (χ1) is 7.00. The quantitative estimate of drug-likeness (QED) is 0.745. The minimum absolute atomic E-state index is 0.259. The van der Waals surface area contributed by atoms with Crippen molar-refractivity contribution in [2.24, 2.45) is 0 Å². The largest absolute Gasteiger partial charge is 0.397 e. The number of nitrogens with two attached hydrogens (primary N) is 1. The molecular formula is C11H18FN3. The first-order valence-corrected chi connectivity index (χ1v) is 4.95. The fourth-order valence-corrected chi connectivity index (χ4v) is 1.26. The standard InChI is InChI=1S/C11H18FN3/c1-8-6-11(10(13)7-9(8)12)14-4-5-15(2)3/h6-7,14H,4-5,13H2,1-3H3. The highest BCUT2D eigenvalue weighted by Crippen LogP contribution is 2.22. The van der Waals surface area contributed by atoms with Crippen LogP contribution in [0.15, 0.2) is 12.1 Å². The van der Waals surface area contributed by atoms with Gasteiger partial charge in [0.2, 0.25) is 0 Å². The number of anilines is 2. The van der Waals surface area contributed by atoms with Gasteiger partial charge in [-0.05, 0) is 38.7 Å². The zero-order valence-electron chi connectivity index (χ0n) is 9.47. The number of nitrogen functional groups attached to an aromatic ring is 1. The monoisotopic (exact) mass is 211 g/mol. The Kier molecular flexibility index (Phi) is 3.91. The smallest absolute Gasteiger partial charge is 0.128 e. The molecule has 1 aromatic rings. The molecule has 0 amide bonds. The minimum Gasteiger partial charge on any atom is -0.397 e. The molecule has 0 aliphatic rings. The lowest BCUT2D eigenvalue weighted by atomic mass is 10.2. The Balaban J connectivity index is 2.65. The van der Waals surface area contributed by atoms with Crippen molar-refractivity contribution in [3.05, 3.63) is 23.5 Å². The molecule has 15 heavy (non-hydrogen) atoms. The number of hydrogen-bond acceptors (Lipinski definition) is 3. The van der Waals surface area contributed by atoms with E-state index in [1.807, 2.05) is 14.1 Å². The van der Waals surface area contributed by atoms with Gasteiger partial charge in [0.1, 0.15) is 5.82 Å². The van der Waals surface area contributed by atoms with Gasteiger partial charge in [-0.25, -0.2) is 4.39 Å². The molecule has 0 spiro atoms. The van der Waals surface area contributed by atoms with Gasteiger partial charge in [-0.2, -0.15) is 0 Å². The van der Waals surface area contributed by atoms with Crippen molar-refractivity contribution in [3.63, 3.8) is 0 Å². The molecule has 1 rings (SSSR count). The molecule has 1 aromatic carbocycles. The number of aryl methyl sites for hydroxylation is 1. The van der Waals surface area contributed by atoms with Crippen molar-refractivity contribution in [2.75, 3.05) is 38.2 Å². The van der Waals surface area contributed by atoms with Crippen LogP contribution in [0.4, 0.5) is 15.8 Å². The van der Waals surface area contributed by atoms with Crippen molar-refractivity contribution >= 4 is 11.4 Å². The molecule has 4 heteroatoms. The Labute approximate surface area is 90.1 Å². The Morgan fingerprint density at radius 1 is 1.40 bits per heavy atom. The second-order valence-electron chi connectivity index (χ2n) is 3.92. The molecule has 0 heterocycles. The summed E-state index contributed by atoms with van der Waals surface area (Å²) in [6.45, 7) is 3.43. The Morgan fingerprint density at radius 2 is 2.07 bits per heavy atom. The molecule has 84 valence electrons. The number of nitrogens with zero attached hydrogens (tertiary/aromatic N) is 1. The van der Waals surface area contributed by atoms with Crippen LogP contribution in [-0.2, 0) is 0 Å². The third kappa shape index (κ3) is 3.40. The van der Waals surface area contributed by atoms with E-state index in [1.54, 1.807) is 13.0 Å². The summed E-state index contributed by atoms with van der Waals surface area (Å²) in [6, 6.07) is 3.09. The highest BCUT2D eigenvalue weighted by atomic mass is 19.1. The maximum atomic E-state index is 13.1. The van der Waals surface area contributed by atoms with Crippen molar-refractivity contribution in [1.82, 2.24) is 4.90 Å². The van der Waals surface area contributed by atoms with Crippen LogP contribution in [-0.4, -0.2) is 32.1 Å². The first kappa shape index (κ1) is 11.8. The van der Waals surface area contributed by atoms with Crippen molar-refractivity contribution in [3.8, 4) is 0 Å². The molecule has 0 aliphatic heterocycles. The number of benzene rings is 1. The molecule has 0 saturated carbocycles. The summed E-state index contributed by atoms with van der Waals surface area (Å²) in [5, 5.41) is 3.18. The van der Waals surface area contributed by atoms with E-state index in [1.165, 1.54) is 6.07 Å². The summed E-state index contributed by atoms with van der Waals surface area (Å²) in [6.07, 6.45) is 0. The van der Waals surface area contributed by atoms with Crippen molar-refractivity contribution < 1.29 is 4.39 Å². The molecule has 0 saturated heterocycles. The summed E-state index contributed by atoms with van der Waals surface area (Å²) >= 11 is 0. The molecule has 3 nitrogen and oxygen atoms in total. The summed E-state index contributed by atoms with van der Waals surface area (Å²) in [4.78, 5) is 2.07. The van der Waals surface area contributed by atoms with Gasteiger partial charge in [-0.15, -0.1) is 0 Å². The van der Waals surface area contributed by atoms with Crippen LogP contribution in [0.3, 0.4) is 0 Å². The third-order valence-electron chi connectivity index (χ3n) is 2.21. The van der Waals surface area contributed by atoms with Gasteiger partial charge in [-0.3, -0.25) is 0 Å². The van der Waals surface area contributed by atoms with E-state index >= 15 is 0 Å².